The third-order valence-electron chi connectivity index (χ3n) is 6.44. The van der Waals surface area contributed by atoms with E-state index in [9.17, 15) is 23.5 Å². The monoisotopic (exact) mass is 525 g/mol. The molecule has 5 rings (SSSR count). The molecule has 3 N–H and O–H groups in total. The van der Waals surface area contributed by atoms with E-state index in [0.717, 1.165) is 12.1 Å². The number of hydrogen-bond acceptors (Lipinski definition) is 9. The predicted octanol–water partition coefficient (Wildman–Crippen LogP) is 2.20. The third-order valence-corrected chi connectivity index (χ3v) is 6.44. The van der Waals surface area contributed by atoms with Gasteiger partial charge in [-0.05, 0) is 29.8 Å². The summed E-state index contributed by atoms with van der Waals surface area (Å²) in [5.74, 6) is -2.31. The number of carbonyl (C=O) groups is 2. The van der Waals surface area contributed by atoms with E-state index in [4.69, 9.17) is 9.47 Å². The van der Waals surface area contributed by atoms with Gasteiger partial charge in [-0.15, -0.1) is 0 Å². The van der Waals surface area contributed by atoms with Gasteiger partial charge in [0.25, 0.3) is 0 Å². The first kappa shape index (κ1) is 25.6. The molecule has 3 aromatic rings. The van der Waals surface area contributed by atoms with Crippen molar-refractivity contribution in [2.45, 2.75) is 25.2 Å². The smallest absolute Gasteiger partial charge is 0.331 e. The second-order valence-electron chi connectivity index (χ2n) is 8.84. The predicted molar refractivity (Wildman–Crippen MR) is 131 cm³/mol. The van der Waals surface area contributed by atoms with E-state index in [1.807, 2.05) is 0 Å². The zero-order valence-corrected chi connectivity index (χ0v) is 20.4. The number of nitrogens with zero attached hydrogens (tertiary/aromatic N) is 3. The molecule has 198 valence electrons. The van der Waals surface area contributed by atoms with E-state index < -0.39 is 29.9 Å². The number of morpholine rings is 1. The molecule has 1 fully saturated rings. The van der Waals surface area contributed by atoms with Crippen molar-refractivity contribution in [1.82, 2.24) is 20.2 Å². The van der Waals surface area contributed by atoms with Crippen molar-refractivity contribution < 1.29 is 33.0 Å². The summed E-state index contributed by atoms with van der Waals surface area (Å²) in [7, 11) is 1.27. The van der Waals surface area contributed by atoms with Gasteiger partial charge in [-0.2, -0.15) is 0 Å². The normalized spacial score (nSPS) is 18.7. The fourth-order valence-electron chi connectivity index (χ4n) is 4.50. The Labute approximate surface area is 216 Å². The van der Waals surface area contributed by atoms with Crippen molar-refractivity contribution in [2.75, 3.05) is 32.2 Å². The Kier molecular flexibility index (Phi) is 7.27. The largest absolute Gasteiger partial charge is 0.467 e. The van der Waals surface area contributed by atoms with Crippen molar-refractivity contribution in [3.63, 3.8) is 0 Å². The van der Waals surface area contributed by atoms with Gasteiger partial charge in [0.1, 0.15) is 23.7 Å². The highest BCUT2D eigenvalue weighted by Gasteiger charge is 2.33. The Balaban J connectivity index is 1.36. The van der Waals surface area contributed by atoms with Crippen LogP contribution >= 0.6 is 0 Å². The first-order valence-electron chi connectivity index (χ1n) is 11.9. The van der Waals surface area contributed by atoms with Crippen LogP contribution in [0.2, 0.25) is 0 Å². The minimum atomic E-state index is -1.06. The second kappa shape index (κ2) is 10.8. The number of amides is 1. The molecular formula is C26H25F2N5O5. The number of rotatable bonds is 6. The second-order valence-corrected chi connectivity index (χ2v) is 8.84. The first-order chi connectivity index (χ1) is 18.4. The third kappa shape index (κ3) is 5.05. The summed E-state index contributed by atoms with van der Waals surface area (Å²) in [5, 5.41) is 16.3. The highest BCUT2D eigenvalue weighted by Crippen LogP contribution is 2.34. The van der Waals surface area contributed by atoms with Gasteiger partial charge in [-0.1, -0.05) is 18.2 Å². The number of anilines is 2. The number of aliphatic hydroxyl groups is 1. The first-order valence-corrected chi connectivity index (χ1v) is 11.9. The van der Waals surface area contributed by atoms with E-state index in [1.54, 1.807) is 24.3 Å². The highest BCUT2D eigenvalue weighted by molar-refractivity contribution is 5.86. The number of esters is 1. The van der Waals surface area contributed by atoms with Gasteiger partial charge < -0.3 is 24.8 Å². The number of aromatic nitrogens is 2. The number of nitrogens with one attached hydrogen (secondary N) is 2. The summed E-state index contributed by atoms with van der Waals surface area (Å²) < 4.78 is 39.0. The van der Waals surface area contributed by atoms with Crippen LogP contribution in [-0.2, 0) is 32.0 Å². The van der Waals surface area contributed by atoms with Crippen molar-refractivity contribution in [3.05, 3.63) is 70.9 Å². The van der Waals surface area contributed by atoms with Crippen molar-refractivity contribution in [1.29, 1.82) is 0 Å². The molecule has 2 aliphatic rings. The molecular weight excluding hydrogens is 500 g/mol. The van der Waals surface area contributed by atoms with E-state index in [2.05, 4.69) is 20.6 Å². The van der Waals surface area contributed by atoms with Gasteiger partial charge >= 0.3 is 5.97 Å². The molecule has 0 saturated carbocycles. The number of aliphatic hydroxyl groups excluding tert-OH is 1. The van der Waals surface area contributed by atoms with Crippen LogP contribution in [0.3, 0.4) is 0 Å². The molecule has 1 saturated heterocycles. The Morgan fingerprint density at radius 2 is 1.92 bits per heavy atom. The Bertz CT molecular complexity index is 1350. The van der Waals surface area contributed by atoms with Gasteiger partial charge in [-0.25, -0.2) is 23.5 Å². The van der Waals surface area contributed by atoms with Gasteiger partial charge in [0.2, 0.25) is 5.91 Å². The summed E-state index contributed by atoms with van der Waals surface area (Å²) >= 11 is 0. The minimum Gasteiger partial charge on any atom is -0.467 e. The van der Waals surface area contributed by atoms with E-state index >= 15 is 0 Å². The van der Waals surface area contributed by atoms with Gasteiger partial charge in [0.05, 0.1) is 43.6 Å². The minimum absolute atomic E-state index is 0.0655. The molecule has 12 heteroatoms. The number of halogens is 2. The standard InChI is InChI=1S/C26H25F2N5O5/c1-37-26(36)19-13-38-10-9-33(19)20(34)11-14-5-7-15(8-6-14)30-24-22-18(12-29-25(22)35)31-23(32-24)21-16(27)3-2-4-17(21)28/h2-8,19,25,29,35H,9-13H2,1H3,(H,30,31,32)/t19-,25?/m0/s1. The number of carbonyl (C=O) groups excluding carboxylic acids is 2. The van der Waals surface area contributed by atoms with Crippen LogP contribution in [0.4, 0.5) is 20.3 Å². The van der Waals surface area contributed by atoms with Crippen molar-refractivity contribution >= 4 is 23.4 Å². The SMILES string of the molecule is COC(=O)[C@@H]1COCCN1C(=O)Cc1ccc(Nc2nc(-c3c(F)cccc3F)nc3c2C(O)NC3)cc1. The molecule has 0 aliphatic carbocycles. The molecule has 1 unspecified atom stereocenters. The zero-order valence-electron chi connectivity index (χ0n) is 20.4. The Morgan fingerprint density at radius 1 is 1.18 bits per heavy atom. The lowest BCUT2D eigenvalue weighted by Crippen LogP contribution is -2.53. The molecule has 0 bridgehead atoms. The lowest BCUT2D eigenvalue weighted by Gasteiger charge is -2.33. The van der Waals surface area contributed by atoms with Crippen LogP contribution in [0.1, 0.15) is 23.0 Å². The fourth-order valence-corrected chi connectivity index (χ4v) is 4.50. The van der Waals surface area contributed by atoms with Crippen molar-refractivity contribution in [3.8, 4) is 11.4 Å². The maximum Gasteiger partial charge on any atom is 0.331 e. The van der Waals surface area contributed by atoms with Gasteiger partial charge in [-0.3, -0.25) is 10.1 Å². The van der Waals surface area contributed by atoms with Gasteiger partial charge in [0.15, 0.2) is 11.9 Å². The number of methoxy groups -OCH3 is 1. The molecule has 0 radical (unpaired) electrons. The molecule has 2 aromatic carbocycles. The zero-order chi connectivity index (χ0) is 26.8. The molecule has 1 aromatic heterocycles. The average molecular weight is 526 g/mol. The molecule has 2 aliphatic heterocycles. The molecule has 2 atom stereocenters. The molecule has 38 heavy (non-hydrogen) atoms. The quantitative estimate of drug-likeness (QED) is 0.415. The Morgan fingerprint density at radius 3 is 2.63 bits per heavy atom. The van der Waals surface area contributed by atoms with Crippen LogP contribution in [0, 0.1) is 11.6 Å². The number of ether oxygens (including phenoxy) is 2. The summed E-state index contributed by atoms with van der Waals surface area (Å²) in [4.78, 5) is 35.0. The maximum absolute atomic E-state index is 14.4. The average Bonchev–Trinajstić information content (AvgIpc) is 3.30. The van der Waals surface area contributed by atoms with Crippen molar-refractivity contribution in [2.24, 2.45) is 0 Å². The van der Waals surface area contributed by atoms with E-state index in [1.165, 1.54) is 18.1 Å². The summed E-state index contributed by atoms with van der Waals surface area (Å²) in [5.41, 5.74) is 1.72. The molecule has 10 nitrogen and oxygen atoms in total. The Hall–Kier alpha value is -4.00. The number of fused-ring (bicyclic) bond motifs is 1. The number of benzene rings is 2. The van der Waals surface area contributed by atoms with Crippen LogP contribution in [0.25, 0.3) is 11.4 Å². The fraction of sp³-hybridized carbons (Fsp3) is 0.308. The van der Waals surface area contributed by atoms with Crippen LogP contribution in [0.5, 0.6) is 0 Å². The molecule has 1 amide bonds. The number of hydrogen-bond donors (Lipinski definition) is 3. The van der Waals surface area contributed by atoms with E-state index in [-0.39, 0.29) is 42.7 Å². The lowest BCUT2D eigenvalue weighted by atomic mass is 10.1. The van der Waals surface area contributed by atoms with Crippen LogP contribution in [-0.4, -0.2) is 64.8 Å². The van der Waals surface area contributed by atoms with Gasteiger partial charge in [0, 0.05) is 18.8 Å². The van der Waals surface area contributed by atoms with E-state index in [0.29, 0.717) is 35.7 Å². The molecule has 3 heterocycles. The lowest BCUT2D eigenvalue weighted by molar-refractivity contribution is -0.160. The van der Waals surface area contributed by atoms with Crippen LogP contribution in [0.15, 0.2) is 42.5 Å². The van der Waals surface area contributed by atoms with Crippen LogP contribution < -0.4 is 10.6 Å². The maximum atomic E-state index is 14.4. The summed E-state index contributed by atoms with van der Waals surface area (Å²) in [6, 6.07) is 9.63. The topological polar surface area (TPSA) is 126 Å². The molecule has 0 spiro atoms. The summed E-state index contributed by atoms with van der Waals surface area (Å²) in [6.45, 7) is 0.916. The highest BCUT2D eigenvalue weighted by atomic mass is 19.1. The summed E-state index contributed by atoms with van der Waals surface area (Å²) in [6.07, 6.45) is -0.990.